The molecule has 0 aliphatic carbocycles. The molecule has 110 valence electrons. The van der Waals surface area contributed by atoms with Gasteiger partial charge in [0, 0.05) is 3.57 Å². The first kappa shape index (κ1) is 14.6. The number of nitrogens with zero attached hydrogens (tertiary/aromatic N) is 3. The van der Waals surface area contributed by atoms with Gasteiger partial charge in [0.2, 0.25) is 0 Å². The summed E-state index contributed by atoms with van der Waals surface area (Å²) in [6.45, 7) is -0.277. The predicted molar refractivity (Wildman–Crippen MR) is 88.4 cm³/mol. The molecule has 1 aromatic heterocycles. The third-order valence-corrected chi connectivity index (χ3v) is 3.98. The number of carbonyl (C=O) groups is 1. The summed E-state index contributed by atoms with van der Waals surface area (Å²) in [6.07, 6.45) is 0. The van der Waals surface area contributed by atoms with Crippen LogP contribution in [0.4, 0.5) is 0 Å². The standard InChI is InChI=1S/C15H10IN3O3/c16-12-7-3-1-5-10(12)15(21)22-9-19-14(20)11-6-2-4-8-13(11)17-18-19/h1-8H,9H2. The summed E-state index contributed by atoms with van der Waals surface area (Å²) in [5.41, 5.74) is 0.610. The monoisotopic (exact) mass is 407 g/mol. The fourth-order valence-corrected chi connectivity index (χ4v) is 2.54. The Bertz CT molecular complexity index is 908. The average Bonchev–Trinajstić information content (AvgIpc) is 2.55. The Hall–Kier alpha value is -2.29. The molecule has 6 nitrogen and oxygen atoms in total. The number of hydrogen-bond donors (Lipinski definition) is 0. The molecule has 1 heterocycles. The molecule has 0 N–H and O–H groups in total. The van der Waals surface area contributed by atoms with Crippen molar-refractivity contribution in [1.82, 2.24) is 15.0 Å². The van der Waals surface area contributed by atoms with E-state index in [2.05, 4.69) is 32.9 Å². The Kier molecular flexibility index (Phi) is 4.14. The highest BCUT2D eigenvalue weighted by atomic mass is 127. The summed E-state index contributed by atoms with van der Waals surface area (Å²) >= 11 is 2.05. The van der Waals surface area contributed by atoms with E-state index in [1.807, 2.05) is 6.07 Å². The van der Waals surface area contributed by atoms with E-state index in [-0.39, 0.29) is 12.3 Å². The van der Waals surface area contributed by atoms with Crippen LogP contribution < -0.4 is 5.56 Å². The van der Waals surface area contributed by atoms with Gasteiger partial charge in [0.1, 0.15) is 5.52 Å². The second-order valence-electron chi connectivity index (χ2n) is 4.45. The van der Waals surface area contributed by atoms with Crippen molar-refractivity contribution in [2.75, 3.05) is 0 Å². The van der Waals surface area contributed by atoms with Gasteiger partial charge in [-0.1, -0.05) is 29.5 Å². The van der Waals surface area contributed by atoms with E-state index in [0.29, 0.717) is 16.5 Å². The fourth-order valence-electron chi connectivity index (χ4n) is 1.93. The highest BCUT2D eigenvalue weighted by molar-refractivity contribution is 14.1. The van der Waals surface area contributed by atoms with Crippen molar-refractivity contribution < 1.29 is 9.53 Å². The van der Waals surface area contributed by atoms with E-state index < -0.39 is 5.97 Å². The third-order valence-electron chi connectivity index (χ3n) is 3.04. The molecule has 2 aromatic carbocycles. The van der Waals surface area contributed by atoms with E-state index in [0.717, 1.165) is 8.25 Å². The lowest BCUT2D eigenvalue weighted by molar-refractivity contribution is 0.0335. The predicted octanol–water partition coefficient (Wildman–Crippen LogP) is 2.21. The van der Waals surface area contributed by atoms with Crippen LogP contribution in [0.5, 0.6) is 0 Å². The molecular weight excluding hydrogens is 397 g/mol. The summed E-state index contributed by atoms with van der Waals surface area (Å²) in [4.78, 5) is 24.2. The zero-order chi connectivity index (χ0) is 15.5. The van der Waals surface area contributed by atoms with Gasteiger partial charge in [-0.2, -0.15) is 4.68 Å². The van der Waals surface area contributed by atoms with E-state index >= 15 is 0 Å². The van der Waals surface area contributed by atoms with Crippen LogP contribution in [-0.2, 0) is 11.5 Å². The minimum absolute atomic E-state index is 0.277. The lowest BCUT2D eigenvalue weighted by Crippen LogP contribution is -2.26. The molecule has 0 aliphatic rings. The Morgan fingerprint density at radius 2 is 1.86 bits per heavy atom. The van der Waals surface area contributed by atoms with Crippen molar-refractivity contribution >= 4 is 39.5 Å². The van der Waals surface area contributed by atoms with Crippen LogP contribution >= 0.6 is 22.6 Å². The van der Waals surface area contributed by atoms with Gasteiger partial charge in [-0.15, -0.1) is 5.10 Å². The SMILES string of the molecule is O=C(OCn1nnc2ccccc2c1=O)c1ccccc1I. The van der Waals surface area contributed by atoms with E-state index in [4.69, 9.17) is 4.74 Å². The molecule has 0 fully saturated rings. The van der Waals surface area contributed by atoms with E-state index in [1.54, 1.807) is 42.5 Å². The van der Waals surface area contributed by atoms with Gasteiger partial charge in [0.15, 0.2) is 6.73 Å². The fraction of sp³-hybridized carbons (Fsp3) is 0.0667. The molecule has 22 heavy (non-hydrogen) atoms. The number of ether oxygens (including phenoxy) is 1. The Morgan fingerprint density at radius 3 is 2.68 bits per heavy atom. The number of esters is 1. The molecule has 0 atom stereocenters. The van der Waals surface area contributed by atoms with Gasteiger partial charge in [0.05, 0.1) is 10.9 Å². The van der Waals surface area contributed by atoms with Gasteiger partial charge in [-0.25, -0.2) is 4.79 Å². The molecule has 3 rings (SSSR count). The third kappa shape index (κ3) is 2.84. The molecule has 0 saturated heterocycles. The Labute approximate surface area is 138 Å². The summed E-state index contributed by atoms with van der Waals surface area (Å²) in [6, 6.07) is 13.9. The normalized spacial score (nSPS) is 10.6. The number of benzene rings is 2. The van der Waals surface area contributed by atoms with Gasteiger partial charge in [-0.05, 0) is 46.9 Å². The topological polar surface area (TPSA) is 74.1 Å². The van der Waals surface area contributed by atoms with Crippen molar-refractivity contribution in [2.45, 2.75) is 6.73 Å². The van der Waals surface area contributed by atoms with Crippen LogP contribution in [0.15, 0.2) is 53.3 Å². The molecule has 3 aromatic rings. The zero-order valence-electron chi connectivity index (χ0n) is 11.3. The maximum absolute atomic E-state index is 12.2. The number of hydrogen-bond acceptors (Lipinski definition) is 5. The number of halogens is 1. The van der Waals surface area contributed by atoms with Crippen molar-refractivity contribution in [3.63, 3.8) is 0 Å². The molecule has 0 spiro atoms. The highest BCUT2D eigenvalue weighted by Gasteiger charge is 2.12. The minimum Gasteiger partial charge on any atom is -0.439 e. The molecular formula is C15H10IN3O3. The van der Waals surface area contributed by atoms with Crippen LogP contribution in [0.2, 0.25) is 0 Å². The maximum atomic E-state index is 12.2. The molecule has 0 radical (unpaired) electrons. The van der Waals surface area contributed by atoms with Crippen LogP contribution in [0.25, 0.3) is 10.9 Å². The average molecular weight is 407 g/mol. The Balaban J connectivity index is 1.83. The highest BCUT2D eigenvalue weighted by Crippen LogP contribution is 2.12. The summed E-state index contributed by atoms with van der Waals surface area (Å²) in [5.74, 6) is -0.508. The first-order valence-electron chi connectivity index (χ1n) is 6.41. The lowest BCUT2D eigenvalue weighted by atomic mass is 10.2. The second-order valence-corrected chi connectivity index (χ2v) is 5.61. The molecule has 7 heteroatoms. The molecule has 0 unspecified atom stereocenters. The summed E-state index contributed by atoms with van der Waals surface area (Å²) in [7, 11) is 0. The van der Waals surface area contributed by atoms with Crippen LogP contribution in [0, 0.1) is 3.57 Å². The molecule has 0 aliphatic heterocycles. The zero-order valence-corrected chi connectivity index (χ0v) is 13.4. The number of fused-ring (bicyclic) bond motifs is 1. The van der Waals surface area contributed by atoms with E-state index in [1.165, 1.54) is 0 Å². The van der Waals surface area contributed by atoms with Gasteiger partial charge in [-0.3, -0.25) is 4.79 Å². The molecule has 0 bridgehead atoms. The largest absolute Gasteiger partial charge is 0.439 e. The first-order valence-corrected chi connectivity index (χ1v) is 7.49. The molecule has 0 amide bonds. The minimum atomic E-state index is -0.508. The van der Waals surface area contributed by atoms with Crippen LogP contribution in [0.1, 0.15) is 10.4 Å². The van der Waals surface area contributed by atoms with Gasteiger partial charge >= 0.3 is 5.97 Å². The van der Waals surface area contributed by atoms with Crippen molar-refractivity contribution in [3.8, 4) is 0 Å². The first-order chi connectivity index (χ1) is 10.7. The van der Waals surface area contributed by atoms with E-state index in [9.17, 15) is 9.59 Å². The summed E-state index contributed by atoms with van der Waals surface area (Å²) in [5, 5.41) is 8.13. The smallest absolute Gasteiger partial charge is 0.340 e. The number of aromatic nitrogens is 3. The van der Waals surface area contributed by atoms with Crippen molar-refractivity contribution in [1.29, 1.82) is 0 Å². The van der Waals surface area contributed by atoms with Crippen molar-refractivity contribution in [2.24, 2.45) is 0 Å². The number of rotatable bonds is 3. The second kappa shape index (κ2) is 6.22. The Morgan fingerprint density at radius 1 is 1.14 bits per heavy atom. The summed E-state index contributed by atoms with van der Waals surface area (Å²) < 4.78 is 6.94. The van der Waals surface area contributed by atoms with Gasteiger partial charge in [0.25, 0.3) is 5.56 Å². The molecule has 0 saturated carbocycles. The number of carbonyl (C=O) groups excluding carboxylic acids is 1. The quantitative estimate of drug-likeness (QED) is 0.492. The maximum Gasteiger partial charge on any atom is 0.340 e. The van der Waals surface area contributed by atoms with Crippen LogP contribution in [0.3, 0.4) is 0 Å². The van der Waals surface area contributed by atoms with Crippen LogP contribution in [-0.4, -0.2) is 21.0 Å². The van der Waals surface area contributed by atoms with Crippen molar-refractivity contribution in [3.05, 3.63) is 68.0 Å². The van der Waals surface area contributed by atoms with Gasteiger partial charge < -0.3 is 4.74 Å². The lowest BCUT2D eigenvalue weighted by Gasteiger charge is -2.07.